The van der Waals surface area contributed by atoms with Crippen molar-refractivity contribution in [1.82, 2.24) is 0 Å². The van der Waals surface area contributed by atoms with Crippen LogP contribution in [0.1, 0.15) is 6.92 Å². The highest BCUT2D eigenvalue weighted by Gasteiger charge is 2.18. The van der Waals surface area contributed by atoms with Crippen LogP contribution in [0.2, 0.25) is 0 Å². The molecule has 0 aliphatic heterocycles. The highest BCUT2D eigenvalue weighted by Crippen LogP contribution is 2.29. The first-order chi connectivity index (χ1) is 9.13. The molecule has 0 atom stereocenters. The zero-order chi connectivity index (χ0) is 13.7. The molecule has 0 unspecified atom stereocenters. The summed E-state index contributed by atoms with van der Waals surface area (Å²) in [7, 11) is -3.83. The van der Waals surface area contributed by atoms with Crippen molar-refractivity contribution < 1.29 is 17.3 Å². The van der Waals surface area contributed by atoms with Crippen molar-refractivity contribution in [2.45, 2.75) is 11.8 Å². The predicted molar refractivity (Wildman–Crippen MR) is 71.9 cm³/mol. The Morgan fingerprint density at radius 1 is 0.895 bits per heavy atom. The third kappa shape index (κ3) is 3.26. The first-order valence-corrected chi connectivity index (χ1v) is 7.25. The van der Waals surface area contributed by atoms with Crippen molar-refractivity contribution in [3.8, 4) is 11.5 Å². The van der Waals surface area contributed by atoms with Crippen molar-refractivity contribution >= 4 is 10.1 Å². The van der Waals surface area contributed by atoms with Gasteiger partial charge >= 0.3 is 10.1 Å². The van der Waals surface area contributed by atoms with E-state index in [2.05, 4.69) is 0 Å². The van der Waals surface area contributed by atoms with Gasteiger partial charge in [0.05, 0.1) is 6.61 Å². The van der Waals surface area contributed by atoms with Crippen LogP contribution in [0.15, 0.2) is 59.5 Å². The molecule has 5 heteroatoms. The average molecular weight is 278 g/mol. The van der Waals surface area contributed by atoms with E-state index >= 15 is 0 Å². The smallest absolute Gasteiger partial charge is 0.339 e. The maximum atomic E-state index is 12.1. The number of hydrogen-bond donors (Lipinski definition) is 0. The third-order valence-electron chi connectivity index (χ3n) is 2.38. The number of ether oxygens (including phenoxy) is 1. The van der Waals surface area contributed by atoms with Gasteiger partial charge in [0, 0.05) is 0 Å². The Hall–Kier alpha value is -2.01. The Bertz CT molecular complexity index is 636. The summed E-state index contributed by atoms with van der Waals surface area (Å²) < 4.78 is 34.6. The molecule has 19 heavy (non-hydrogen) atoms. The van der Waals surface area contributed by atoms with Gasteiger partial charge in [-0.05, 0) is 31.2 Å². The van der Waals surface area contributed by atoms with Gasteiger partial charge in [-0.1, -0.05) is 30.3 Å². The fraction of sp³-hybridized carbons (Fsp3) is 0.143. The van der Waals surface area contributed by atoms with Crippen LogP contribution < -0.4 is 8.92 Å². The summed E-state index contributed by atoms with van der Waals surface area (Å²) in [5.74, 6) is 0.595. The SMILES string of the molecule is CCOc1ccccc1OS(=O)(=O)c1ccccc1. The fourth-order valence-electron chi connectivity index (χ4n) is 1.55. The first-order valence-electron chi connectivity index (χ1n) is 5.85. The average Bonchev–Trinajstić information content (AvgIpc) is 2.42. The highest BCUT2D eigenvalue weighted by molar-refractivity contribution is 7.87. The number of hydrogen-bond acceptors (Lipinski definition) is 4. The number of para-hydroxylation sites is 2. The van der Waals surface area contributed by atoms with Crippen molar-refractivity contribution in [1.29, 1.82) is 0 Å². The van der Waals surface area contributed by atoms with E-state index in [4.69, 9.17) is 8.92 Å². The molecule has 0 amide bonds. The van der Waals surface area contributed by atoms with Crippen LogP contribution in [0.25, 0.3) is 0 Å². The third-order valence-corrected chi connectivity index (χ3v) is 3.63. The summed E-state index contributed by atoms with van der Waals surface area (Å²) in [4.78, 5) is 0.112. The monoisotopic (exact) mass is 278 g/mol. The van der Waals surface area contributed by atoms with E-state index < -0.39 is 10.1 Å². The molecule has 0 radical (unpaired) electrons. The Kier molecular flexibility index (Phi) is 4.06. The summed E-state index contributed by atoms with van der Waals surface area (Å²) in [6, 6.07) is 14.7. The second-order valence-electron chi connectivity index (χ2n) is 3.73. The number of benzene rings is 2. The second-order valence-corrected chi connectivity index (χ2v) is 5.28. The standard InChI is InChI=1S/C14H14O4S/c1-2-17-13-10-6-7-11-14(13)18-19(15,16)12-8-4-3-5-9-12/h3-11H,2H2,1H3. The molecule has 2 aromatic rings. The molecule has 0 aliphatic rings. The van der Waals surface area contributed by atoms with E-state index in [0.717, 1.165) is 0 Å². The predicted octanol–water partition coefficient (Wildman–Crippen LogP) is 2.85. The molecule has 0 saturated carbocycles. The molecule has 0 bridgehead atoms. The topological polar surface area (TPSA) is 52.6 Å². The van der Waals surface area contributed by atoms with Gasteiger partial charge < -0.3 is 8.92 Å². The lowest BCUT2D eigenvalue weighted by atomic mass is 10.3. The molecule has 100 valence electrons. The summed E-state index contributed by atoms with van der Waals surface area (Å²) in [6.07, 6.45) is 0. The van der Waals surface area contributed by atoms with Crippen molar-refractivity contribution in [3.63, 3.8) is 0 Å². The molecule has 0 heterocycles. The van der Waals surface area contributed by atoms with Gasteiger partial charge in [-0.25, -0.2) is 0 Å². The zero-order valence-corrected chi connectivity index (χ0v) is 11.3. The molecule has 0 spiro atoms. The van der Waals surface area contributed by atoms with Crippen molar-refractivity contribution in [3.05, 3.63) is 54.6 Å². The van der Waals surface area contributed by atoms with Gasteiger partial charge in [0.1, 0.15) is 4.90 Å². The van der Waals surface area contributed by atoms with E-state index in [-0.39, 0.29) is 10.6 Å². The van der Waals surface area contributed by atoms with Crippen LogP contribution in [0.5, 0.6) is 11.5 Å². The van der Waals surface area contributed by atoms with Gasteiger partial charge in [0.2, 0.25) is 0 Å². The van der Waals surface area contributed by atoms with E-state index in [0.29, 0.717) is 12.4 Å². The molecule has 2 rings (SSSR count). The van der Waals surface area contributed by atoms with Gasteiger partial charge in [0.25, 0.3) is 0 Å². The summed E-state index contributed by atoms with van der Waals surface area (Å²) >= 11 is 0. The Morgan fingerprint density at radius 2 is 1.47 bits per heavy atom. The van der Waals surface area contributed by atoms with Gasteiger partial charge in [-0.15, -0.1) is 0 Å². The largest absolute Gasteiger partial charge is 0.490 e. The highest BCUT2D eigenvalue weighted by atomic mass is 32.2. The minimum Gasteiger partial charge on any atom is -0.490 e. The first kappa shape index (κ1) is 13.4. The quantitative estimate of drug-likeness (QED) is 0.789. The molecule has 0 fully saturated rings. The molecule has 0 N–H and O–H groups in total. The maximum absolute atomic E-state index is 12.1. The van der Waals surface area contributed by atoms with Crippen LogP contribution in [0.4, 0.5) is 0 Å². The van der Waals surface area contributed by atoms with Crippen molar-refractivity contribution in [2.24, 2.45) is 0 Å². The van der Waals surface area contributed by atoms with Crippen LogP contribution in [0, 0.1) is 0 Å². The Balaban J connectivity index is 2.31. The molecule has 0 saturated heterocycles. The van der Waals surface area contributed by atoms with E-state index in [1.54, 1.807) is 42.5 Å². The van der Waals surface area contributed by atoms with Crippen LogP contribution in [0.3, 0.4) is 0 Å². The van der Waals surface area contributed by atoms with E-state index in [1.807, 2.05) is 6.92 Å². The minimum atomic E-state index is -3.83. The second kappa shape index (κ2) is 5.75. The molecular formula is C14H14O4S. The summed E-state index contributed by atoms with van der Waals surface area (Å²) in [5, 5.41) is 0. The van der Waals surface area contributed by atoms with E-state index in [9.17, 15) is 8.42 Å². The van der Waals surface area contributed by atoms with Gasteiger partial charge in [-0.3, -0.25) is 0 Å². The van der Waals surface area contributed by atoms with Gasteiger partial charge in [-0.2, -0.15) is 8.42 Å². The minimum absolute atomic E-state index is 0.112. The van der Waals surface area contributed by atoms with Crippen LogP contribution in [-0.4, -0.2) is 15.0 Å². The molecule has 0 aromatic heterocycles. The van der Waals surface area contributed by atoms with Crippen LogP contribution in [-0.2, 0) is 10.1 Å². The normalized spacial score (nSPS) is 11.0. The molecule has 4 nitrogen and oxygen atoms in total. The zero-order valence-electron chi connectivity index (χ0n) is 10.4. The van der Waals surface area contributed by atoms with Crippen LogP contribution >= 0.6 is 0 Å². The number of rotatable bonds is 5. The van der Waals surface area contributed by atoms with E-state index in [1.165, 1.54) is 12.1 Å². The Labute approximate surface area is 112 Å². The van der Waals surface area contributed by atoms with Crippen molar-refractivity contribution in [2.75, 3.05) is 6.61 Å². The molecule has 2 aromatic carbocycles. The molecular weight excluding hydrogens is 264 g/mol. The molecule has 0 aliphatic carbocycles. The fourth-order valence-corrected chi connectivity index (χ4v) is 2.51. The van der Waals surface area contributed by atoms with Gasteiger partial charge in [0.15, 0.2) is 11.5 Å². The maximum Gasteiger partial charge on any atom is 0.339 e. The summed E-state index contributed by atoms with van der Waals surface area (Å²) in [6.45, 7) is 2.26. The lowest BCUT2D eigenvalue weighted by molar-refractivity contribution is 0.327. The summed E-state index contributed by atoms with van der Waals surface area (Å²) in [5.41, 5.74) is 0. The lowest BCUT2D eigenvalue weighted by Gasteiger charge is -2.11. The Morgan fingerprint density at radius 3 is 2.11 bits per heavy atom. The lowest BCUT2D eigenvalue weighted by Crippen LogP contribution is -2.10.